The van der Waals surface area contributed by atoms with Gasteiger partial charge in [0.15, 0.2) is 6.04 Å². The van der Waals surface area contributed by atoms with Gasteiger partial charge in [-0.15, -0.1) is 0 Å². The van der Waals surface area contributed by atoms with Gasteiger partial charge < -0.3 is 33.4 Å². The summed E-state index contributed by atoms with van der Waals surface area (Å²) in [6, 6.07) is 15.8. The topological polar surface area (TPSA) is 140 Å². The van der Waals surface area contributed by atoms with Crippen LogP contribution in [0.5, 0.6) is 5.75 Å². The van der Waals surface area contributed by atoms with Crippen LogP contribution in [0.1, 0.15) is 5.56 Å². The van der Waals surface area contributed by atoms with Crippen molar-refractivity contribution < 1.29 is 42.5 Å². The summed E-state index contributed by atoms with van der Waals surface area (Å²) in [7, 11) is 1.16. The van der Waals surface area contributed by atoms with E-state index in [1.54, 1.807) is 48.5 Å². The smallest absolute Gasteiger partial charge is 0.408 e. The van der Waals surface area contributed by atoms with E-state index in [-0.39, 0.29) is 26.4 Å². The molecular weight excluding hydrogens is 486 g/mol. The van der Waals surface area contributed by atoms with Crippen molar-refractivity contribution in [2.45, 2.75) is 12.6 Å². The van der Waals surface area contributed by atoms with Crippen LogP contribution in [0.2, 0.25) is 0 Å². The number of carbonyl (C=O) groups excluding carboxylic acids is 3. The van der Waals surface area contributed by atoms with E-state index in [0.29, 0.717) is 11.3 Å². The molecule has 0 aliphatic heterocycles. The second kappa shape index (κ2) is 13.9. The fraction of sp³-hybridized carbons (Fsp3) is 0.231. The van der Waals surface area contributed by atoms with Crippen molar-refractivity contribution in [3.63, 3.8) is 0 Å². The van der Waals surface area contributed by atoms with Crippen LogP contribution in [0, 0.1) is 0 Å². The lowest BCUT2D eigenvalue weighted by molar-refractivity contribution is -0.144. The van der Waals surface area contributed by atoms with E-state index in [0.717, 1.165) is 30.4 Å². The number of ether oxygens (including phenoxy) is 5. The average molecular weight is 511 g/mol. The number of rotatable bonds is 12. The highest BCUT2D eigenvalue weighted by Crippen LogP contribution is 2.19. The first kappa shape index (κ1) is 26.8. The van der Waals surface area contributed by atoms with E-state index < -0.39 is 29.7 Å². The molecule has 1 atom stereocenters. The molecule has 0 saturated carbocycles. The van der Waals surface area contributed by atoms with Crippen LogP contribution in [-0.2, 0) is 35.1 Å². The van der Waals surface area contributed by atoms with E-state index >= 15 is 0 Å². The zero-order chi connectivity index (χ0) is 26.5. The van der Waals surface area contributed by atoms with Gasteiger partial charge in [-0.3, -0.25) is 0 Å². The monoisotopic (exact) mass is 511 g/mol. The molecule has 0 fully saturated rings. The summed E-state index contributed by atoms with van der Waals surface area (Å²) < 4.78 is 30.5. The molecule has 194 valence electrons. The van der Waals surface area contributed by atoms with E-state index in [1.165, 1.54) is 6.07 Å². The molecule has 11 heteroatoms. The van der Waals surface area contributed by atoms with Gasteiger partial charge in [0.25, 0.3) is 0 Å². The number of methoxy groups -OCH3 is 1. The Morgan fingerprint density at radius 1 is 1.00 bits per heavy atom. The molecule has 0 radical (unpaired) electrons. The number of benzene rings is 2. The Morgan fingerprint density at radius 2 is 1.78 bits per heavy atom. The highest BCUT2D eigenvalue weighted by molar-refractivity contribution is 5.82. The summed E-state index contributed by atoms with van der Waals surface area (Å²) in [5.74, 6) is -1.02. The van der Waals surface area contributed by atoms with Gasteiger partial charge in [0.2, 0.25) is 0 Å². The van der Waals surface area contributed by atoms with Crippen LogP contribution in [-0.4, -0.2) is 51.0 Å². The quantitative estimate of drug-likeness (QED) is 0.0964. The molecule has 11 nitrogen and oxygen atoms in total. The number of fused-ring (bicyclic) bond motifs is 1. The largest absolute Gasteiger partial charge is 0.498 e. The Labute approximate surface area is 211 Å². The summed E-state index contributed by atoms with van der Waals surface area (Å²) in [5, 5.41) is 3.09. The molecule has 0 aliphatic carbocycles. The molecule has 0 saturated heterocycles. The minimum Gasteiger partial charge on any atom is -0.498 e. The van der Waals surface area contributed by atoms with Crippen molar-refractivity contribution in [1.29, 1.82) is 0 Å². The van der Waals surface area contributed by atoms with E-state index in [2.05, 4.69) is 10.1 Å². The molecule has 0 spiro atoms. The Hall–Kier alpha value is -4.80. The van der Waals surface area contributed by atoms with Crippen LogP contribution in [0.3, 0.4) is 0 Å². The van der Waals surface area contributed by atoms with Crippen molar-refractivity contribution in [2.75, 3.05) is 26.9 Å². The summed E-state index contributed by atoms with van der Waals surface area (Å²) in [6.07, 6.45) is 1.20. The maximum atomic E-state index is 12.0. The van der Waals surface area contributed by atoms with Crippen LogP contribution in [0.25, 0.3) is 11.0 Å². The Bertz CT molecular complexity index is 1290. The predicted molar refractivity (Wildman–Crippen MR) is 130 cm³/mol. The molecule has 2 aromatic carbocycles. The van der Waals surface area contributed by atoms with Crippen LogP contribution >= 0.6 is 0 Å². The molecule has 1 heterocycles. The summed E-state index contributed by atoms with van der Waals surface area (Å²) in [5.41, 5.74) is 0.691. The normalized spacial score (nSPS) is 11.5. The lowest BCUT2D eigenvalue weighted by Gasteiger charge is -2.16. The second-order valence-corrected chi connectivity index (χ2v) is 7.39. The number of esters is 2. The fourth-order valence-corrected chi connectivity index (χ4v) is 2.95. The minimum atomic E-state index is -1.16. The predicted octanol–water partition coefficient (Wildman–Crippen LogP) is 2.71. The maximum absolute atomic E-state index is 12.0. The number of carbonyl (C=O) groups is 3. The molecule has 37 heavy (non-hydrogen) atoms. The van der Waals surface area contributed by atoms with Gasteiger partial charge in [-0.25, -0.2) is 19.2 Å². The first-order valence-corrected chi connectivity index (χ1v) is 11.1. The van der Waals surface area contributed by atoms with E-state index in [9.17, 15) is 19.2 Å². The standard InChI is InChI=1S/C26H25NO10/c1-32-25(30)21(27-26(31)36-16-18-5-3-2-4-6-18)17-33-12-11-23(28)35-14-13-34-20-9-7-19-8-10-24(29)37-22(19)15-20/h2-12,15,21H,13-14,16-17H2,1H3,(H,27,31)/b12-11-/t21-/m0/s1. The van der Waals surface area contributed by atoms with Gasteiger partial charge in [0.1, 0.15) is 37.8 Å². The zero-order valence-electron chi connectivity index (χ0n) is 19.9. The third kappa shape index (κ3) is 9.06. The Kier molecular flexibility index (Phi) is 10.1. The molecule has 0 unspecified atom stereocenters. The van der Waals surface area contributed by atoms with Gasteiger partial charge in [-0.1, -0.05) is 30.3 Å². The molecule has 0 bridgehead atoms. The summed E-state index contributed by atoms with van der Waals surface area (Å²) in [6.45, 7) is -0.284. The Balaban J connectivity index is 1.36. The van der Waals surface area contributed by atoms with E-state index in [4.69, 9.17) is 23.4 Å². The van der Waals surface area contributed by atoms with Gasteiger partial charge in [0.05, 0.1) is 19.4 Å². The first-order valence-electron chi connectivity index (χ1n) is 11.1. The van der Waals surface area contributed by atoms with Crippen LogP contribution < -0.4 is 15.7 Å². The molecule has 0 aliphatic rings. The van der Waals surface area contributed by atoms with Crippen molar-refractivity contribution in [2.24, 2.45) is 0 Å². The average Bonchev–Trinajstić information content (AvgIpc) is 2.91. The van der Waals surface area contributed by atoms with Gasteiger partial charge in [-0.05, 0) is 23.8 Å². The SMILES string of the molecule is COC(=O)[C@H](CO/C=C\C(=O)OCCOc1ccc2ccc(=O)oc2c1)NC(=O)OCc1ccccc1. The Morgan fingerprint density at radius 3 is 2.57 bits per heavy atom. The van der Waals surface area contributed by atoms with Crippen LogP contribution in [0.4, 0.5) is 4.79 Å². The van der Waals surface area contributed by atoms with Gasteiger partial charge >= 0.3 is 23.7 Å². The molecular formula is C26H25NO10. The highest BCUT2D eigenvalue weighted by Gasteiger charge is 2.22. The van der Waals surface area contributed by atoms with Gasteiger partial charge in [0, 0.05) is 17.5 Å². The van der Waals surface area contributed by atoms with Crippen molar-refractivity contribution in [3.8, 4) is 5.75 Å². The van der Waals surface area contributed by atoms with Crippen LogP contribution in [0.15, 0.2) is 82.2 Å². The number of hydrogen-bond donors (Lipinski definition) is 1. The van der Waals surface area contributed by atoms with Crippen molar-refractivity contribution in [3.05, 3.63) is 89.0 Å². The maximum Gasteiger partial charge on any atom is 0.408 e. The summed E-state index contributed by atoms with van der Waals surface area (Å²) >= 11 is 0. The molecule has 3 rings (SSSR count). The molecule has 1 aromatic heterocycles. The third-order valence-corrected chi connectivity index (χ3v) is 4.74. The second-order valence-electron chi connectivity index (χ2n) is 7.39. The number of hydrogen-bond acceptors (Lipinski definition) is 10. The minimum absolute atomic E-state index is 0.0220. The number of amides is 1. The van der Waals surface area contributed by atoms with Crippen molar-refractivity contribution in [1.82, 2.24) is 5.32 Å². The zero-order valence-corrected chi connectivity index (χ0v) is 19.9. The lowest BCUT2D eigenvalue weighted by Crippen LogP contribution is -2.44. The van der Waals surface area contributed by atoms with Crippen molar-refractivity contribution >= 4 is 29.0 Å². The highest BCUT2D eigenvalue weighted by atomic mass is 16.6. The molecule has 1 amide bonds. The lowest BCUT2D eigenvalue weighted by atomic mass is 10.2. The van der Waals surface area contributed by atoms with E-state index in [1.807, 2.05) is 6.07 Å². The van der Waals surface area contributed by atoms with Gasteiger partial charge in [-0.2, -0.15) is 0 Å². The number of alkyl carbamates (subject to hydrolysis) is 1. The fourth-order valence-electron chi connectivity index (χ4n) is 2.95. The first-order chi connectivity index (χ1) is 17.9. The summed E-state index contributed by atoms with van der Waals surface area (Å²) in [4.78, 5) is 47.0. The molecule has 3 aromatic rings. The third-order valence-electron chi connectivity index (χ3n) is 4.74. The number of nitrogens with one attached hydrogen (secondary N) is 1. The molecule has 1 N–H and O–H groups in total.